The van der Waals surface area contributed by atoms with Crippen LogP contribution >= 0.6 is 23.5 Å². The predicted octanol–water partition coefficient (Wildman–Crippen LogP) is 3.59. The summed E-state index contributed by atoms with van der Waals surface area (Å²) >= 11 is 2.69. The maximum atomic E-state index is 12.2. The second-order valence-electron chi connectivity index (χ2n) is 4.61. The Bertz CT molecular complexity index is 714. The highest BCUT2D eigenvalue weighted by Gasteiger charge is 2.30. The number of hydrogen-bond acceptors (Lipinski definition) is 7. The third-order valence-electron chi connectivity index (χ3n) is 3.26. The average Bonchev–Trinajstić information content (AvgIpc) is 2.82. The van der Waals surface area contributed by atoms with Gasteiger partial charge in [0.05, 0.1) is 20.3 Å². The number of fused-ring (bicyclic) bond motifs is 1. The molecule has 1 unspecified atom stereocenters. The van der Waals surface area contributed by atoms with Crippen LogP contribution in [-0.2, 0) is 0 Å². The molecule has 0 fully saturated rings. The standard InChI is InChI=1S/C15H14N2O3S2/c1-8-9-5-4-6-10(13(9)14(18)21-8)22-15-16-11(19-2)7-12(17-15)20-3/h4-8H,1-3H3. The van der Waals surface area contributed by atoms with Crippen LogP contribution in [0.3, 0.4) is 0 Å². The van der Waals surface area contributed by atoms with Gasteiger partial charge in [-0.05, 0) is 30.3 Å². The van der Waals surface area contributed by atoms with Crippen molar-refractivity contribution in [2.24, 2.45) is 0 Å². The lowest BCUT2D eigenvalue weighted by Gasteiger charge is -2.08. The van der Waals surface area contributed by atoms with Crippen LogP contribution in [0.2, 0.25) is 0 Å². The molecule has 3 rings (SSSR count). The Kier molecular flexibility index (Phi) is 4.26. The monoisotopic (exact) mass is 334 g/mol. The molecule has 0 saturated carbocycles. The Morgan fingerprint density at radius 1 is 1.18 bits per heavy atom. The molecule has 1 aromatic heterocycles. The lowest BCUT2D eigenvalue weighted by atomic mass is 10.1. The summed E-state index contributed by atoms with van der Waals surface area (Å²) in [5.74, 6) is 0.854. The molecule has 1 aliphatic rings. The first-order chi connectivity index (χ1) is 10.6. The number of methoxy groups -OCH3 is 2. The van der Waals surface area contributed by atoms with Gasteiger partial charge in [0, 0.05) is 15.7 Å². The number of benzene rings is 1. The molecule has 1 aliphatic heterocycles. The first-order valence-electron chi connectivity index (χ1n) is 6.61. The van der Waals surface area contributed by atoms with Crippen LogP contribution in [0.25, 0.3) is 0 Å². The third-order valence-corrected chi connectivity index (χ3v) is 5.21. The van der Waals surface area contributed by atoms with Crippen molar-refractivity contribution in [3.8, 4) is 11.8 Å². The molecule has 5 nitrogen and oxygen atoms in total. The lowest BCUT2D eigenvalue weighted by Crippen LogP contribution is -1.98. The predicted molar refractivity (Wildman–Crippen MR) is 86.0 cm³/mol. The zero-order chi connectivity index (χ0) is 15.7. The number of hydrogen-bond donors (Lipinski definition) is 0. The van der Waals surface area contributed by atoms with Crippen molar-refractivity contribution in [1.29, 1.82) is 0 Å². The van der Waals surface area contributed by atoms with E-state index in [0.29, 0.717) is 16.9 Å². The van der Waals surface area contributed by atoms with E-state index in [1.165, 1.54) is 37.7 Å². The van der Waals surface area contributed by atoms with Crippen LogP contribution in [0.15, 0.2) is 34.3 Å². The molecule has 0 aliphatic carbocycles. The maximum absolute atomic E-state index is 12.2. The summed E-state index contributed by atoms with van der Waals surface area (Å²) < 4.78 is 10.3. The highest BCUT2D eigenvalue weighted by molar-refractivity contribution is 8.14. The molecule has 0 radical (unpaired) electrons. The minimum absolute atomic E-state index is 0.0976. The van der Waals surface area contributed by atoms with Gasteiger partial charge in [0.2, 0.25) is 16.9 Å². The summed E-state index contributed by atoms with van der Waals surface area (Å²) in [6.07, 6.45) is 0. The zero-order valence-electron chi connectivity index (χ0n) is 12.3. The molecule has 0 amide bonds. The summed E-state index contributed by atoms with van der Waals surface area (Å²) in [5.41, 5.74) is 1.82. The van der Waals surface area contributed by atoms with Crippen LogP contribution in [0.4, 0.5) is 0 Å². The van der Waals surface area contributed by atoms with Crippen LogP contribution < -0.4 is 9.47 Å². The smallest absolute Gasteiger partial charge is 0.221 e. The molecule has 114 valence electrons. The van der Waals surface area contributed by atoms with Gasteiger partial charge in [0.25, 0.3) is 0 Å². The van der Waals surface area contributed by atoms with E-state index in [1.807, 2.05) is 25.1 Å². The first kappa shape index (κ1) is 15.2. The van der Waals surface area contributed by atoms with Crippen LogP contribution in [0.5, 0.6) is 11.8 Å². The van der Waals surface area contributed by atoms with Crippen molar-refractivity contribution >= 4 is 28.6 Å². The molecular formula is C15H14N2O3S2. The second-order valence-corrected chi connectivity index (χ2v) is 6.93. The number of rotatable bonds is 4. The first-order valence-corrected chi connectivity index (χ1v) is 8.30. The van der Waals surface area contributed by atoms with Crippen LogP contribution in [0.1, 0.15) is 28.1 Å². The molecule has 22 heavy (non-hydrogen) atoms. The molecule has 0 spiro atoms. The number of nitrogens with zero attached hydrogens (tertiary/aromatic N) is 2. The SMILES string of the molecule is COc1cc(OC)nc(Sc2cccc3c2C(=O)SC3C)n1. The van der Waals surface area contributed by atoms with E-state index in [4.69, 9.17) is 9.47 Å². The van der Waals surface area contributed by atoms with Gasteiger partial charge in [0.15, 0.2) is 5.16 Å². The largest absolute Gasteiger partial charge is 0.481 e. The highest BCUT2D eigenvalue weighted by Crippen LogP contribution is 2.45. The molecule has 0 N–H and O–H groups in total. The van der Waals surface area contributed by atoms with Crippen molar-refractivity contribution < 1.29 is 14.3 Å². The van der Waals surface area contributed by atoms with Crippen molar-refractivity contribution in [1.82, 2.24) is 9.97 Å². The normalized spacial score (nSPS) is 16.5. The number of carbonyl (C=O) groups excluding carboxylic acids is 1. The minimum Gasteiger partial charge on any atom is -0.481 e. The molecule has 1 atom stereocenters. The van der Waals surface area contributed by atoms with E-state index < -0.39 is 0 Å². The average molecular weight is 334 g/mol. The van der Waals surface area contributed by atoms with Crippen molar-refractivity contribution in [2.45, 2.75) is 22.2 Å². The van der Waals surface area contributed by atoms with E-state index >= 15 is 0 Å². The topological polar surface area (TPSA) is 61.3 Å². The van der Waals surface area contributed by atoms with Gasteiger partial charge in [-0.3, -0.25) is 4.79 Å². The van der Waals surface area contributed by atoms with E-state index in [9.17, 15) is 4.79 Å². The summed E-state index contributed by atoms with van der Waals surface area (Å²) in [4.78, 5) is 21.6. The molecule has 2 aromatic rings. The molecule has 2 heterocycles. The number of thioether (sulfide) groups is 1. The molecule has 7 heteroatoms. The van der Waals surface area contributed by atoms with Crippen molar-refractivity contribution in [3.05, 3.63) is 35.4 Å². The van der Waals surface area contributed by atoms with Gasteiger partial charge in [-0.1, -0.05) is 23.9 Å². The molecular weight excluding hydrogens is 320 g/mol. The second kappa shape index (κ2) is 6.18. The van der Waals surface area contributed by atoms with Crippen molar-refractivity contribution in [2.75, 3.05) is 14.2 Å². The minimum atomic E-state index is 0.0976. The summed E-state index contributed by atoms with van der Waals surface area (Å²) in [6, 6.07) is 7.47. The Labute approximate surface area is 136 Å². The Hall–Kier alpha value is -1.73. The highest BCUT2D eigenvalue weighted by atomic mass is 32.2. The van der Waals surface area contributed by atoms with Crippen molar-refractivity contribution in [3.63, 3.8) is 0 Å². The van der Waals surface area contributed by atoms with E-state index in [-0.39, 0.29) is 10.4 Å². The van der Waals surface area contributed by atoms with Gasteiger partial charge in [-0.25, -0.2) is 0 Å². The Balaban J connectivity index is 2.00. The quantitative estimate of drug-likeness (QED) is 0.792. The van der Waals surface area contributed by atoms with E-state index in [2.05, 4.69) is 9.97 Å². The van der Waals surface area contributed by atoms with Gasteiger partial charge in [-0.15, -0.1) is 0 Å². The summed E-state index contributed by atoms with van der Waals surface area (Å²) in [6.45, 7) is 2.04. The Morgan fingerprint density at radius 3 is 2.50 bits per heavy atom. The van der Waals surface area contributed by atoms with Crippen LogP contribution in [-0.4, -0.2) is 29.3 Å². The maximum Gasteiger partial charge on any atom is 0.221 e. The fourth-order valence-corrected chi connectivity index (χ4v) is 4.19. The Morgan fingerprint density at radius 2 is 1.86 bits per heavy atom. The van der Waals surface area contributed by atoms with Crippen LogP contribution in [0, 0.1) is 0 Å². The molecule has 0 bridgehead atoms. The fraction of sp³-hybridized carbons (Fsp3) is 0.267. The summed E-state index contributed by atoms with van der Waals surface area (Å²) in [5, 5.41) is 0.770. The molecule has 0 saturated heterocycles. The lowest BCUT2D eigenvalue weighted by molar-refractivity contribution is 0.108. The zero-order valence-corrected chi connectivity index (χ0v) is 14.0. The van der Waals surface area contributed by atoms with E-state index in [0.717, 1.165) is 16.0 Å². The summed E-state index contributed by atoms with van der Waals surface area (Å²) in [7, 11) is 3.08. The number of carbonyl (C=O) groups is 1. The van der Waals surface area contributed by atoms with Gasteiger partial charge in [0.1, 0.15) is 0 Å². The third kappa shape index (κ3) is 2.78. The number of ether oxygens (including phenoxy) is 2. The molecule has 1 aromatic carbocycles. The van der Waals surface area contributed by atoms with Gasteiger partial charge < -0.3 is 9.47 Å². The van der Waals surface area contributed by atoms with Gasteiger partial charge in [-0.2, -0.15) is 9.97 Å². The van der Waals surface area contributed by atoms with Gasteiger partial charge >= 0.3 is 0 Å². The van der Waals surface area contributed by atoms with E-state index in [1.54, 1.807) is 6.07 Å². The fourth-order valence-electron chi connectivity index (χ4n) is 2.21. The number of aromatic nitrogens is 2.